The van der Waals surface area contributed by atoms with Gasteiger partial charge in [0.15, 0.2) is 0 Å². The molecule has 1 fully saturated rings. The molecule has 1 atom stereocenters. The number of aromatic nitrogens is 2. The average molecular weight is 417 g/mol. The zero-order valence-electron chi connectivity index (χ0n) is 18.0. The minimum absolute atomic E-state index is 0.0213. The first kappa shape index (κ1) is 19.9. The van der Waals surface area contributed by atoms with Gasteiger partial charge in [0.05, 0.1) is 5.69 Å². The summed E-state index contributed by atoms with van der Waals surface area (Å²) in [5.41, 5.74) is 3.69. The van der Waals surface area contributed by atoms with Crippen molar-refractivity contribution in [2.24, 2.45) is 0 Å². The van der Waals surface area contributed by atoms with E-state index in [1.807, 2.05) is 37.3 Å². The Hall–Kier alpha value is -3.02. The van der Waals surface area contributed by atoms with E-state index in [9.17, 15) is 9.59 Å². The zero-order chi connectivity index (χ0) is 21.4. The molecule has 0 saturated carbocycles. The molecular formula is C25H28N4O2. The average Bonchev–Trinajstić information content (AvgIpc) is 3.22. The summed E-state index contributed by atoms with van der Waals surface area (Å²) in [5.74, 6) is 1.61. The molecule has 6 nitrogen and oxygen atoms in total. The molecule has 1 amide bonds. The van der Waals surface area contributed by atoms with Gasteiger partial charge >= 0.3 is 0 Å². The van der Waals surface area contributed by atoms with Crippen LogP contribution in [0.15, 0.2) is 36.4 Å². The van der Waals surface area contributed by atoms with Crippen molar-refractivity contribution in [1.29, 1.82) is 0 Å². The fourth-order valence-corrected chi connectivity index (χ4v) is 4.89. The Bertz CT molecular complexity index is 1060. The van der Waals surface area contributed by atoms with Gasteiger partial charge < -0.3 is 4.90 Å². The maximum atomic E-state index is 13.4. The van der Waals surface area contributed by atoms with E-state index in [1.54, 1.807) is 4.90 Å². The maximum absolute atomic E-state index is 13.4. The van der Waals surface area contributed by atoms with Gasteiger partial charge in [-0.25, -0.2) is 4.98 Å². The first-order chi connectivity index (χ1) is 15.1. The topological polar surface area (TPSA) is 66.4 Å². The van der Waals surface area contributed by atoms with Crippen molar-refractivity contribution >= 4 is 23.5 Å². The van der Waals surface area contributed by atoms with E-state index < -0.39 is 0 Å². The number of anilines is 2. The minimum atomic E-state index is -0.0319. The van der Waals surface area contributed by atoms with Gasteiger partial charge in [-0.3, -0.25) is 14.5 Å². The second kappa shape index (κ2) is 8.25. The molecule has 0 spiro atoms. The van der Waals surface area contributed by atoms with Gasteiger partial charge in [-0.2, -0.15) is 4.98 Å². The van der Waals surface area contributed by atoms with Crippen LogP contribution in [0.1, 0.15) is 65.2 Å². The number of aryl methyl sites for hydroxylation is 1. The van der Waals surface area contributed by atoms with E-state index in [0.29, 0.717) is 30.9 Å². The van der Waals surface area contributed by atoms with Crippen LogP contribution in [-0.4, -0.2) is 41.3 Å². The Labute approximate surface area is 183 Å². The summed E-state index contributed by atoms with van der Waals surface area (Å²) in [6.07, 6.45) is 9.25. The molecule has 31 heavy (non-hydrogen) atoms. The van der Waals surface area contributed by atoms with Crippen LogP contribution in [0, 0.1) is 6.92 Å². The lowest BCUT2D eigenvalue weighted by atomic mass is 9.89. The smallest absolute Gasteiger partial charge is 0.259 e. The molecule has 0 N–H and O–H groups in total. The third-order valence-electron chi connectivity index (χ3n) is 6.51. The molecule has 0 radical (unpaired) electrons. The lowest BCUT2D eigenvalue weighted by Gasteiger charge is -2.29. The summed E-state index contributed by atoms with van der Waals surface area (Å²) in [7, 11) is 0. The molecule has 5 rings (SSSR count). The van der Waals surface area contributed by atoms with E-state index >= 15 is 0 Å². The number of piperidine rings is 1. The molecular weight excluding hydrogens is 388 g/mol. The van der Waals surface area contributed by atoms with Crippen molar-refractivity contribution in [3.63, 3.8) is 0 Å². The third-order valence-corrected chi connectivity index (χ3v) is 6.51. The molecule has 2 aliphatic heterocycles. The fraction of sp³-hybridized carbons (Fsp3) is 0.440. The Morgan fingerprint density at radius 2 is 1.94 bits per heavy atom. The summed E-state index contributed by atoms with van der Waals surface area (Å²) in [6.45, 7) is 4.46. The number of amides is 1. The number of carbonyl (C=O) groups is 2. The number of fused-ring (bicyclic) bond motifs is 1. The van der Waals surface area contributed by atoms with Crippen LogP contribution < -0.4 is 9.80 Å². The molecule has 2 aromatic rings. The molecule has 0 bridgehead atoms. The van der Waals surface area contributed by atoms with Crippen molar-refractivity contribution in [2.45, 2.75) is 51.4 Å². The Balaban J connectivity index is 1.57. The predicted octanol–water partition coefficient (Wildman–Crippen LogP) is 3.98. The van der Waals surface area contributed by atoms with Gasteiger partial charge in [0.1, 0.15) is 11.6 Å². The van der Waals surface area contributed by atoms with Crippen LogP contribution in [0.3, 0.4) is 0 Å². The number of nitrogens with zero attached hydrogens (tertiary/aromatic N) is 4. The van der Waals surface area contributed by atoms with Crippen molar-refractivity contribution < 1.29 is 9.59 Å². The van der Waals surface area contributed by atoms with Gasteiger partial charge in [-0.05, 0) is 44.7 Å². The fourth-order valence-electron chi connectivity index (χ4n) is 4.89. The van der Waals surface area contributed by atoms with Crippen LogP contribution in [0.25, 0.3) is 0 Å². The highest BCUT2D eigenvalue weighted by atomic mass is 16.2. The van der Waals surface area contributed by atoms with Crippen LogP contribution >= 0.6 is 0 Å². The normalized spacial score (nSPS) is 20.8. The second-order valence-corrected chi connectivity index (χ2v) is 8.82. The summed E-state index contributed by atoms with van der Waals surface area (Å²) in [4.78, 5) is 39.5. The third kappa shape index (κ3) is 3.87. The second-order valence-electron chi connectivity index (χ2n) is 8.82. The van der Waals surface area contributed by atoms with Crippen molar-refractivity contribution in [3.05, 3.63) is 58.8 Å². The van der Waals surface area contributed by atoms with Crippen molar-refractivity contribution in [1.82, 2.24) is 9.97 Å². The number of benzene rings is 1. The molecule has 160 valence electrons. The van der Waals surface area contributed by atoms with E-state index in [2.05, 4.69) is 11.0 Å². The molecule has 3 aliphatic rings. The van der Waals surface area contributed by atoms with E-state index in [-0.39, 0.29) is 17.6 Å². The number of hydrogen-bond donors (Lipinski definition) is 0. The van der Waals surface area contributed by atoms with Crippen LogP contribution in [0.5, 0.6) is 0 Å². The first-order valence-corrected chi connectivity index (χ1v) is 11.3. The summed E-state index contributed by atoms with van der Waals surface area (Å²) >= 11 is 0. The number of rotatable bonds is 3. The van der Waals surface area contributed by atoms with Gasteiger partial charge in [-0.15, -0.1) is 0 Å². The van der Waals surface area contributed by atoms with E-state index in [4.69, 9.17) is 9.97 Å². The standard InChI is InChI=1S/C25H28N4O2/c1-17-7-5-9-19(15-17)24(31)29-14-11-21-22(18-8-6-10-20(30)16-18)26-25(27-23(21)29)28-12-3-2-4-13-28/h5-9,15,18H,2-4,10-14,16H2,1H3. The zero-order valence-corrected chi connectivity index (χ0v) is 18.0. The number of hydrogen-bond acceptors (Lipinski definition) is 5. The van der Waals surface area contributed by atoms with Gasteiger partial charge in [0.2, 0.25) is 5.95 Å². The lowest BCUT2D eigenvalue weighted by molar-refractivity contribution is -0.118. The maximum Gasteiger partial charge on any atom is 0.259 e. The summed E-state index contributed by atoms with van der Waals surface area (Å²) in [5, 5.41) is 0. The lowest BCUT2D eigenvalue weighted by Crippen LogP contribution is -2.33. The van der Waals surface area contributed by atoms with Crippen LogP contribution in [-0.2, 0) is 11.2 Å². The first-order valence-electron chi connectivity index (χ1n) is 11.3. The number of ketones is 1. The van der Waals surface area contributed by atoms with Crippen LogP contribution in [0.4, 0.5) is 11.8 Å². The molecule has 1 saturated heterocycles. The Kier molecular flexibility index (Phi) is 5.30. The minimum Gasteiger partial charge on any atom is -0.341 e. The molecule has 1 aliphatic carbocycles. The Morgan fingerprint density at radius 1 is 1.10 bits per heavy atom. The Morgan fingerprint density at radius 3 is 2.71 bits per heavy atom. The van der Waals surface area contributed by atoms with Gasteiger partial charge in [0.25, 0.3) is 5.91 Å². The van der Waals surface area contributed by atoms with E-state index in [0.717, 1.165) is 55.0 Å². The predicted molar refractivity (Wildman–Crippen MR) is 121 cm³/mol. The van der Waals surface area contributed by atoms with Gasteiger partial charge in [-0.1, -0.05) is 29.8 Å². The molecule has 1 aromatic heterocycles. The van der Waals surface area contributed by atoms with Crippen LogP contribution in [0.2, 0.25) is 0 Å². The van der Waals surface area contributed by atoms with E-state index in [1.165, 1.54) is 6.42 Å². The highest BCUT2D eigenvalue weighted by Gasteiger charge is 2.34. The highest BCUT2D eigenvalue weighted by Crippen LogP contribution is 2.37. The monoisotopic (exact) mass is 416 g/mol. The van der Waals surface area contributed by atoms with Crippen molar-refractivity contribution in [2.75, 3.05) is 29.4 Å². The van der Waals surface area contributed by atoms with Gasteiger partial charge in [0, 0.05) is 49.5 Å². The molecule has 1 unspecified atom stereocenters. The quantitative estimate of drug-likeness (QED) is 0.708. The number of Topliss-reactive ketones (excluding diaryl/α,β-unsaturated/α-hetero) is 1. The molecule has 6 heteroatoms. The highest BCUT2D eigenvalue weighted by molar-refractivity contribution is 6.07. The summed E-state index contributed by atoms with van der Waals surface area (Å²) in [6, 6.07) is 7.71. The largest absolute Gasteiger partial charge is 0.341 e. The summed E-state index contributed by atoms with van der Waals surface area (Å²) < 4.78 is 0. The number of allylic oxidation sites excluding steroid dienone is 2. The SMILES string of the molecule is Cc1cccc(C(=O)N2CCc3c(C4C=CCC(=O)C4)nc(N4CCCCC4)nc32)c1. The molecule has 1 aromatic carbocycles. The van der Waals surface area contributed by atoms with Crippen molar-refractivity contribution in [3.8, 4) is 0 Å². The molecule has 3 heterocycles. The number of carbonyl (C=O) groups excluding carboxylic acids is 2.